The normalized spacial score (nSPS) is 16.2. The zero-order chi connectivity index (χ0) is 27.3. The molecule has 1 aromatic heterocycles. The lowest BCUT2D eigenvalue weighted by Gasteiger charge is -2.29. The van der Waals surface area contributed by atoms with Crippen LogP contribution in [0.25, 0.3) is 22.0 Å². The van der Waals surface area contributed by atoms with Crippen LogP contribution in [0.5, 0.6) is 0 Å². The number of aromatic nitrogens is 1. The van der Waals surface area contributed by atoms with Crippen molar-refractivity contribution in [2.45, 2.75) is 56.8 Å². The van der Waals surface area contributed by atoms with Crippen molar-refractivity contribution in [2.24, 2.45) is 5.92 Å². The molecule has 200 valence electrons. The Bertz CT molecular complexity index is 1440. The van der Waals surface area contributed by atoms with E-state index in [4.69, 9.17) is 0 Å². The smallest absolute Gasteiger partial charge is 0.287 e. The summed E-state index contributed by atoms with van der Waals surface area (Å²) in [5, 5.41) is -1.03. The van der Waals surface area contributed by atoms with E-state index < -0.39 is 56.6 Å². The van der Waals surface area contributed by atoms with E-state index in [0.29, 0.717) is 6.42 Å². The van der Waals surface area contributed by atoms with Gasteiger partial charge in [0.1, 0.15) is 6.04 Å². The Hall–Kier alpha value is -2.86. The van der Waals surface area contributed by atoms with Gasteiger partial charge in [-0.25, -0.2) is 8.42 Å². The van der Waals surface area contributed by atoms with Gasteiger partial charge in [-0.2, -0.15) is 31.1 Å². The molecule has 0 bridgehead atoms. The summed E-state index contributed by atoms with van der Waals surface area (Å²) in [6.45, 7) is 3.05. The fourth-order valence-corrected chi connectivity index (χ4v) is 6.08. The molecule has 1 N–H and O–H groups in total. The van der Waals surface area contributed by atoms with Crippen molar-refractivity contribution in [3.8, 4) is 11.1 Å². The minimum absolute atomic E-state index is 0.0430. The Morgan fingerprint density at radius 1 is 1.03 bits per heavy atom. The minimum atomic E-state index is -5.04. The second-order valence-corrected chi connectivity index (χ2v) is 11.4. The number of fused-ring (bicyclic) bond motifs is 1. The van der Waals surface area contributed by atoms with E-state index in [9.17, 15) is 39.6 Å². The lowest BCUT2D eigenvalue weighted by atomic mass is 9.97. The van der Waals surface area contributed by atoms with Crippen molar-refractivity contribution >= 4 is 26.8 Å². The van der Waals surface area contributed by atoms with Crippen molar-refractivity contribution in [1.29, 1.82) is 0 Å². The van der Waals surface area contributed by atoms with Gasteiger partial charge >= 0.3 is 12.4 Å². The topological polar surface area (TPSA) is 68.2 Å². The number of halogens is 6. The van der Waals surface area contributed by atoms with Gasteiger partial charge in [-0.1, -0.05) is 50.6 Å². The third-order valence-corrected chi connectivity index (χ3v) is 8.44. The molecule has 5 nitrogen and oxygen atoms in total. The summed E-state index contributed by atoms with van der Waals surface area (Å²) >= 11 is 0. The Balaban J connectivity index is 1.93. The van der Waals surface area contributed by atoms with Gasteiger partial charge in [0.2, 0.25) is 15.9 Å². The second kappa shape index (κ2) is 9.46. The first kappa shape index (κ1) is 27.2. The standard InChI is InChI=1S/C25H24F6N2O3S/c1-14(2)23(34)33-13-19(22(25(29,30)31)32-37(35,36)16-6-5-7-16)18-11-10-15(12-21(18)33)17-8-3-4-9-20(17)24(26,27)28/h3-4,8-14,16,22,32H,5-7H2,1-2H3. The Labute approximate surface area is 209 Å². The predicted molar refractivity (Wildman–Crippen MR) is 126 cm³/mol. The Kier molecular flexibility index (Phi) is 6.95. The fraction of sp³-hybridized carbons (Fsp3) is 0.400. The SMILES string of the molecule is CC(C)C(=O)n1cc(C(NS(=O)(=O)C2CCC2)C(F)(F)F)c2ccc(-c3ccccc3C(F)(F)F)cc21. The molecule has 3 aromatic rings. The molecule has 1 heterocycles. The van der Waals surface area contributed by atoms with Crippen LogP contribution in [0.1, 0.15) is 55.1 Å². The summed E-state index contributed by atoms with van der Waals surface area (Å²) in [5.74, 6) is -1.26. The van der Waals surface area contributed by atoms with Gasteiger partial charge in [-0.3, -0.25) is 9.36 Å². The quantitative estimate of drug-likeness (QED) is 0.350. The summed E-state index contributed by atoms with van der Waals surface area (Å²) in [5.41, 5.74) is -1.66. The largest absolute Gasteiger partial charge is 0.417 e. The summed E-state index contributed by atoms with van der Waals surface area (Å²) in [4.78, 5) is 12.9. The average Bonchev–Trinajstić information content (AvgIpc) is 3.12. The summed E-state index contributed by atoms with van der Waals surface area (Å²) in [6, 6.07) is 5.73. The molecule has 1 atom stereocenters. The first-order chi connectivity index (χ1) is 17.1. The number of carbonyl (C=O) groups excluding carboxylic acids is 1. The first-order valence-electron chi connectivity index (χ1n) is 11.5. The summed E-state index contributed by atoms with van der Waals surface area (Å²) in [7, 11) is -4.31. The predicted octanol–water partition coefficient (Wildman–Crippen LogP) is 6.70. The summed E-state index contributed by atoms with van der Waals surface area (Å²) in [6.07, 6.45) is -7.72. The van der Waals surface area contributed by atoms with Crippen LogP contribution in [-0.2, 0) is 16.2 Å². The van der Waals surface area contributed by atoms with Crippen LogP contribution >= 0.6 is 0 Å². The molecular weight excluding hydrogens is 522 g/mol. The van der Waals surface area contributed by atoms with Gasteiger partial charge < -0.3 is 0 Å². The number of carbonyl (C=O) groups is 1. The molecule has 0 aliphatic heterocycles. The Morgan fingerprint density at radius 2 is 1.68 bits per heavy atom. The molecular formula is C25H24F6N2O3S. The van der Waals surface area contributed by atoms with E-state index in [2.05, 4.69) is 0 Å². The fourth-order valence-electron chi connectivity index (χ4n) is 4.34. The maximum atomic E-state index is 14.2. The lowest BCUT2D eigenvalue weighted by Crippen LogP contribution is -2.44. The van der Waals surface area contributed by atoms with Crippen molar-refractivity contribution < 1.29 is 39.6 Å². The molecule has 2 aromatic carbocycles. The molecule has 37 heavy (non-hydrogen) atoms. The molecule has 0 radical (unpaired) electrons. The number of hydrogen-bond acceptors (Lipinski definition) is 3. The molecule has 1 fully saturated rings. The molecule has 0 saturated heterocycles. The minimum Gasteiger partial charge on any atom is -0.287 e. The number of nitrogens with zero attached hydrogens (tertiary/aromatic N) is 1. The number of sulfonamides is 1. The van der Waals surface area contributed by atoms with Crippen LogP contribution in [0.15, 0.2) is 48.7 Å². The van der Waals surface area contributed by atoms with Crippen molar-refractivity contribution in [1.82, 2.24) is 9.29 Å². The van der Waals surface area contributed by atoms with E-state index in [0.717, 1.165) is 16.8 Å². The maximum Gasteiger partial charge on any atom is 0.417 e. The van der Waals surface area contributed by atoms with Gasteiger partial charge in [0, 0.05) is 23.1 Å². The molecule has 4 rings (SSSR count). The van der Waals surface area contributed by atoms with E-state index in [1.165, 1.54) is 50.2 Å². The highest BCUT2D eigenvalue weighted by atomic mass is 32.2. The van der Waals surface area contributed by atoms with Crippen LogP contribution < -0.4 is 4.72 Å². The van der Waals surface area contributed by atoms with Crippen LogP contribution in [-0.4, -0.2) is 30.3 Å². The first-order valence-corrected chi connectivity index (χ1v) is 13.1. The maximum absolute atomic E-state index is 14.2. The molecule has 1 aliphatic rings. The van der Waals surface area contributed by atoms with Crippen molar-refractivity contribution in [3.63, 3.8) is 0 Å². The number of benzene rings is 2. The van der Waals surface area contributed by atoms with Crippen LogP contribution in [0.3, 0.4) is 0 Å². The third-order valence-electron chi connectivity index (χ3n) is 6.52. The second-order valence-electron chi connectivity index (χ2n) is 9.41. The lowest BCUT2D eigenvalue weighted by molar-refractivity contribution is -0.152. The molecule has 1 aliphatic carbocycles. The molecule has 0 amide bonds. The molecule has 1 unspecified atom stereocenters. The average molecular weight is 547 g/mol. The van der Waals surface area contributed by atoms with Crippen LogP contribution in [0, 0.1) is 5.92 Å². The van der Waals surface area contributed by atoms with E-state index >= 15 is 0 Å². The highest BCUT2D eigenvalue weighted by Gasteiger charge is 2.47. The number of nitrogens with one attached hydrogen (secondary N) is 1. The monoisotopic (exact) mass is 546 g/mol. The number of alkyl halides is 6. The van der Waals surface area contributed by atoms with Gasteiger partial charge in [0.15, 0.2) is 0 Å². The van der Waals surface area contributed by atoms with Crippen molar-refractivity contribution in [2.75, 3.05) is 0 Å². The van der Waals surface area contributed by atoms with E-state index in [1.54, 1.807) is 4.72 Å². The molecule has 0 spiro atoms. The number of hydrogen-bond donors (Lipinski definition) is 1. The third kappa shape index (κ3) is 5.26. The zero-order valence-electron chi connectivity index (χ0n) is 19.8. The van der Waals surface area contributed by atoms with Gasteiger partial charge in [0.05, 0.1) is 16.3 Å². The Morgan fingerprint density at radius 3 is 2.22 bits per heavy atom. The van der Waals surface area contributed by atoms with Gasteiger partial charge in [0.25, 0.3) is 0 Å². The number of rotatable bonds is 6. The van der Waals surface area contributed by atoms with Crippen LogP contribution in [0.2, 0.25) is 0 Å². The molecule has 12 heteroatoms. The summed E-state index contributed by atoms with van der Waals surface area (Å²) < 4.78 is 111. The zero-order valence-corrected chi connectivity index (χ0v) is 20.6. The molecule has 1 saturated carbocycles. The van der Waals surface area contributed by atoms with Gasteiger partial charge in [-0.15, -0.1) is 0 Å². The van der Waals surface area contributed by atoms with E-state index in [-0.39, 0.29) is 34.9 Å². The van der Waals surface area contributed by atoms with Crippen LogP contribution in [0.4, 0.5) is 26.3 Å². The highest BCUT2D eigenvalue weighted by Crippen LogP contribution is 2.42. The highest BCUT2D eigenvalue weighted by molar-refractivity contribution is 7.90. The van der Waals surface area contributed by atoms with E-state index in [1.807, 2.05) is 0 Å². The van der Waals surface area contributed by atoms with Crippen molar-refractivity contribution in [3.05, 3.63) is 59.8 Å². The van der Waals surface area contributed by atoms with Gasteiger partial charge in [-0.05, 0) is 36.1 Å².